The molecule has 27 heavy (non-hydrogen) atoms. The molecule has 1 spiro atoms. The van der Waals surface area contributed by atoms with Gasteiger partial charge in [0.05, 0.1) is 5.41 Å². The smallest absolute Gasteiger partial charge is 0.250 e. The van der Waals surface area contributed by atoms with Crippen LogP contribution in [-0.4, -0.2) is 40.9 Å². The molecule has 140 valence electrons. The lowest BCUT2D eigenvalue weighted by molar-refractivity contribution is -0.139. The number of pyridine rings is 1. The number of amides is 2. The molecule has 1 N–H and O–H groups in total. The van der Waals surface area contributed by atoms with E-state index in [9.17, 15) is 14.4 Å². The lowest BCUT2D eigenvalue weighted by atomic mass is 9.68. The Morgan fingerprint density at radius 1 is 1.04 bits per heavy atom. The number of hydrogen-bond acceptors (Lipinski definition) is 3. The van der Waals surface area contributed by atoms with Crippen molar-refractivity contribution in [2.75, 3.05) is 19.6 Å². The third-order valence-electron chi connectivity index (χ3n) is 6.00. The predicted octanol–water partition coefficient (Wildman–Crippen LogP) is 1.37. The van der Waals surface area contributed by atoms with Crippen LogP contribution in [0.5, 0.6) is 0 Å². The fraction of sp³-hybridized carbons (Fsp3) is 0.381. The van der Waals surface area contributed by atoms with E-state index < -0.39 is 5.41 Å². The van der Waals surface area contributed by atoms with Crippen LogP contribution >= 0.6 is 0 Å². The van der Waals surface area contributed by atoms with E-state index in [1.807, 2.05) is 18.2 Å². The second kappa shape index (κ2) is 7.02. The molecular formula is C21H23N3O3. The molecule has 2 aliphatic heterocycles. The van der Waals surface area contributed by atoms with Gasteiger partial charge in [-0.3, -0.25) is 14.4 Å². The molecule has 4 rings (SSSR count). The summed E-state index contributed by atoms with van der Waals surface area (Å²) in [7, 11) is 0. The van der Waals surface area contributed by atoms with Crippen molar-refractivity contribution >= 4 is 11.8 Å². The molecule has 1 atom stereocenters. The van der Waals surface area contributed by atoms with E-state index in [0.717, 1.165) is 0 Å². The molecular weight excluding hydrogens is 342 g/mol. The van der Waals surface area contributed by atoms with E-state index >= 15 is 0 Å². The Bertz CT molecular complexity index is 898. The summed E-state index contributed by atoms with van der Waals surface area (Å²) < 4.78 is 1.42. The second-order valence-electron chi connectivity index (χ2n) is 7.38. The highest BCUT2D eigenvalue weighted by molar-refractivity contribution is 5.87. The van der Waals surface area contributed by atoms with Crippen molar-refractivity contribution in [2.24, 2.45) is 5.41 Å². The van der Waals surface area contributed by atoms with Crippen molar-refractivity contribution in [2.45, 2.75) is 25.3 Å². The second-order valence-corrected chi connectivity index (χ2v) is 7.38. The zero-order chi connectivity index (χ0) is 18.9. The summed E-state index contributed by atoms with van der Waals surface area (Å²) >= 11 is 0. The van der Waals surface area contributed by atoms with Crippen LogP contribution in [-0.2, 0) is 16.1 Å². The van der Waals surface area contributed by atoms with E-state index in [1.54, 1.807) is 23.2 Å². The predicted molar refractivity (Wildman–Crippen MR) is 101 cm³/mol. The molecule has 1 unspecified atom stereocenters. The topological polar surface area (TPSA) is 71.4 Å². The van der Waals surface area contributed by atoms with Gasteiger partial charge in [-0.15, -0.1) is 0 Å². The Hall–Kier alpha value is -2.89. The highest BCUT2D eigenvalue weighted by Gasteiger charge is 2.52. The minimum absolute atomic E-state index is 0.0426. The SMILES string of the molecule is O=C(Cn1ccccc1=O)N1CCC2(CC1)C(=O)NCC2c1ccccc1. The summed E-state index contributed by atoms with van der Waals surface area (Å²) in [6, 6.07) is 15.0. The van der Waals surface area contributed by atoms with Gasteiger partial charge in [0.2, 0.25) is 11.8 Å². The van der Waals surface area contributed by atoms with Gasteiger partial charge in [0, 0.05) is 37.8 Å². The van der Waals surface area contributed by atoms with Gasteiger partial charge in [0.15, 0.2) is 0 Å². The minimum Gasteiger partial charge on any atom is -0.355 e. The summed E-state index contributed by atoms with van der Waals surface area (Å²) in [6.07, 6.45) is 2.92. The van der Waals surface area contributed by atoms with Gasteiger partial charge in [0.1, 0.15) is 6.54 Å². The molecule has 2 aliphatic rings. The fourth-order valence-corrected chi connectivity index (χ4v) is 4.41. The number of hydrogen-bond donors (Lipinski definition) is 1. The first-order valence-electron chi connectivity index (χ1n) is 9.37. The van der Waals surface area contributed by atoms with Gasteiger partial charge in [-0.25, -0.2) is 0 Å². The van der Waals surface area contributed by atoms with Gasteiger partial charge in [-0.1, -0.05) is 36.4 Å². The maximum absolute atomic E-state index is 12.7. The molecule has 6 nitrogen and oxygen atoms in total. The molecule has 1 aromatic heterocycles. The molecule has 2 fully saturated rings. The number of carbonyl (C=O) groups excluding carboxylic acids is 2. The number of nitrogens with zero attached hydrogens (tertiary/aromatic N) is 2. The maximum Gasteiger partial charge on any atom is 0.250 e. The zero-order valence-electron chi connectivity index (χ0n) is 15.1. The summed E-state index contributed by atoms with van der Waals surface area (Å²) in [5.74, 6) is 0.163. The number of likely N-dealkylation sites (tertiary alicyclic amines) is 1. The van der Waals surface area contributed by atoms with Crippen molar-refractivity contribution < 1.29 is 9.59 Å². The Morgan fingerprint density at radius 3 is 2.44 bits per heavy atom. The summed E-state index contributed by atoms with van der Waals surface area (Å²) in [6.45, 7) is 1.77. The Labute approximate surface area is 157 Å². The van der Waals surface area contributed by atoms with Crippen molar-refractivity contribution in [1.29, 1.82) is 0 Å². The molecule has 3 heterocycles. The quantitative estimate of drug-likeness (QED) is 0.893. The van der Waals surface area contributed by atoms with Crippen molar-refractivity contribution in [3.8, 4) is 0 Å². The van der Waals surface area contributed by atoms with Gasteiger partial charge in [-0.2, -0.15) is 0 Å². The van der Waals surface area contributed by atoms with Gasteiger partial charge >= 0.3 is 0 Å². The van der Waals surface area contributed by atoms with Crippen LogP contribution in [0.25, 0.3) is 0 Å². The maximum atomic E-state index is 12.7. The molecule has 0 radical (unpaired) electrons. The first-order chi connectivity index (χ1) is 13.1. The number of aromatic nitrogens is 1. The number of rotatable bonds is 3. The number of nitrogens with one attached hydrogen (secondary N) is 1. The molecule has 0 bridgehead atoms. The van der Waals surface area contributed by atoms with Crippen LogP contribution in [0.15, 0.2) is 59.5 Å². The lowest BCUT2D eigenvalue weighted by Crippen LogP contribution is -2.49. The fourth-order valence-electron chi connectivity index (χ4n) is 4.41. The van der Waals surface area contributed by atoms with E-state index in [1.165, 1.54) is 16.2 Å². The molecule has 0 saturated carbocycles. The van der Waals surface area contributed by atoms with Crippen LogP contribution in [0.1, 0.15) is 24.3 Å². The molecule has 2 aromatic rings. The van der Waals surface area contributed by atoms with E-state index in [-0.39, 0.29) is 29.8 Å². The average molecular weight is 365 g/mol. The highest BCUT2D eigenvalue weighted by atomic mass is 16.2. The Kier molecular flexibility index (Phi) is 4.56. The number of carbonyl (C=O) groups is 2. The Balaban J connectivity index is 1.47. The van der Waals surface area contributed by atoms with Crippen LogP contribution in [0.2, 0.25) is 0 Å². The van der Waals surface area contributed by atoms with Gasteiger partial charge < -0.3 is 14.8 Å². The zero-order valence-corrected chi connectivity index (χ0v) is 15.1. The van der Waals surface area contributed by atoms with Crippen LogP contribution < -0.4 is 10.9 Å². The van der Waals surface area contributed by atoms with E-state index in [0.29, 0.717) is 32.5 Å². The largest absolute Gasteiger partial charge is 0.355 e. The number of benzene rings is 1. The Morgan fingerprint density at radius 2 is 1.74 bits per heavy atom. The van der Waals surface area contributed by atoms with Crippen molar-refractivity contribution in [3.63, 3.8) is 0 Å². The van der Waals surface area contributed by atoms with Crippen LogP contribution in [0.4, 0.5) is 0 Å². The minimum atomic E-state index is -0.443. The third kappa shape index (κ3) is 3.16. The lowest BCUT2D eigenvalue weighted by Gasteiger charge is -2.41. The summed E-state index contributed by atoms with van der Waals surface area (Å²) in [4.78, 5) is 38.9. The first kappa shape index (κ1) is 17.5. The number of piperidine rings is 1. The summed E-state index contributed by atoms with van der Waals surface area (Å²) in [5, 5.41) is 3.03. The molecule has 0 aliphatic carbocycles. The highest BCUT2D eigenvalue weighted by Crippen LogP contribution is 2.47. The standard InChI is InChI=1S/C21H23N3O3/c25-18-8-4-5-11-24(18)15-19(26)23-12-9-21(10-13-23)17(14-22-20(21)27)16-6-2-1-3-7-16/h1-8,11,17H,9-10,12-15H2,(H,22,27). The van der Waals surface area contributed by atoms with Crippen molar-refractivity contribution in [1.82, 2.24) is 14.8 Å². The third-order valence-corrected chi connectivity index (χ3v) is 6.00. The van der Waals surface area contributed by atoms with Crippen LogP contribution in [0, 0.1) is 5.41 Å². The van der Waals surface area contributed by atoms with E-state index in [2.05, 4.69) is 17.4 Å². The van der Waals surface area contributed by atoms with Gasteiger partial charge in [0.25, 0.3) is 5.56 Å². The molecule has 2 saturated heterocycles. The monoisotopic (exact) mass is 365 g/mol. The van der Waals surface area contributed by atoms with Crippen molar-refractivity contribution in [3.05, 3.63) is 70.6 Å². The molecule has 2 amide bonds. The van der Waals surface area contributed by atoms with E-state index in [4.69, 9.17) is 0 Å². The van der Waals surface area contributed by atoms with Crippen LogP contribution in [0.3, 0.4) is 0 Å². The average Bonchev–Trinajstić information content (AvgIpc) is 3.01. The molecule has 6 heteroatoms. The summed E-state index contributed by atoms with van der Waals surface area (Å²) in [5.41, 5.74) is 0.548. The normalized spacial score (nSPS) is 21.3. The van der Waals surface area contributed by atoms with Gasteiger partial charge in [-0.05, 0) is 24.5 Å². The molecule has 1 aromatic carbocycles. The first-order valence-corrected chi connectivity index (χ1v) is 9.37.